The number of hydrogen-bond donors (Lipinski definition) is 0. The maximum absolute atomic E-state index is 13.0. The Morgan fingerprint density at radius 2 is 1.89 bits per heavy atom. The molecule has 0 atom stereocenters. The fraction of sp³-hybridized carbons (Fsp3) is 0.263. The summed E-state index contributed by atoms with van der Waals surface area (Å²) < 4.78 is 24.5. The SMILES string of the molecule is CS(=O)(=O)CCSc1nc2ccccc2c(=O)n1CCc1ccc(Cl)cc1Cl. The van der Waals surface area contributed by atoms with Crippen LogP contribution < -0.4 is 5.56 Å². The molecule has 0 saturated carbocycles. The third-order valence-electron chi connectivity index (χ3n) is 4.13. The minimum absolute atomic E-state index is 0.0172. The van der Waals surface area contributed by atoms with Gasteiger partial charge < -0.3 is 0 Å². The second kappa shape index (κ2) is 8.86. The van der Waals surface area contributed by atoms with Gasteiger partial charge in [-0.1, -0.05) is 53.2 Å². The molecule has 9 heteroatoms. The second-order valence-electron chi connectivity index (χ2n) is 6.33. The van der Waals surface area contributed by atoms with Crippen LogP contribution in [-0.4, -0.2) is 35.7 Å². The van der Waals surface area contributed by atoms with Crippen LogP contribution in [0.1, 0.15) is 5.56 Å². The summed E-state index contributed by atoms with van der Waals surface area (Å²) in [5.41, 5.74) is 1.31. The molecule has 0 amide bonds. The average molecular weight is 457 g/mol. The number of rotatable bonds is 7. The monoisotopic (exact) mass is 456 g/mol. The smallest absolute Gasteiger partial charge is 0.262 e. The fourth-order valence-corrected chi connectivity index (χ4v) is 5.42. The predicted octanol–water partition coefficient (Wildman–Crippen LogP) is 4.08. The van der Waals surface area contributed by atoms with Crippen LogP contribution in [0, 0.1) is 0 Å². The Morgan fingerprint density at radius 3 is 2.61 bits per heavy atom. The summed E-state index contributed by atoms with van der Waals surface area (Å²) in [4.78, 5) is 17.6. The van der Waals surface area contributed by atoms with Crippen molar-refractivity contribution in [1.82, 2.24) is 9.55 Å². The highest BCUT2D eigenvalue weighted by atomic mass is 35.5. The first-order chi connectivity index (χ1) is 13.2. The molecule has 0 bridgehead atoms. The summed E-state index contributed by atoms with van der Waals surface area (Å²) in [6.45, 7) is 0.374. The van der Waals surface area contributed by atoms with E-state index in [0.717, 1.165) is 5.56 Å². The normalized spacial score (nSPS) is 11.8. The summed E-state index contributed by atoms with van der Waals surface area (Å²) in [5, 5.41) is 2.12. The lowest BCUT2D eigenvalue weighted by atomic mass is 10.1. The first kappa shape index (κ1) is 21.2. The highest BCUT2D eigenvalue weighted by Gasteiger charge is 2.13. The molecule has 0 aliphatic carbocycles. The molecule has 0 saturated heterocycles. The molecular formula is C19H18Cl2N2O3S2. The van der Waals surface area contributed by atoms with Crippen molar-refractivity contribution in [1.29, 1.82) is 0 Å². The topological polar surface area (TPSA) is 69.0 Å². The molecule has 3 aromatic rings. The lowest BCUT2D eigenvalue weighted by molar-refractivity contribution is 0.595. The molecule has 0 spiro atoms. The van der Waals surface area contributed by atoms with E-state index in [9.17, 15) is 13.2 Å². The van der Waals surface area contributed by atoms with Gasteiger partial charge in [-0.2, -0.15) is 0 Å². The number of aryl methyl sites for hydroxylation is 1. The van der Waals surface area contributed by atoms with Gasteiger partial charge in [0.15, 0.2) is 5.16 Å². The zero-order valence-electron chi connectivity index (χ0n) is 15.1. The summed E-state index contributed by atoms with van der Waals surface area (Å²) in [6.07, 6.45) is 1.71. The van der Waals surface area contributed by atoms with Crippen molar-refractivity contribution in [3.63, 3.8) is 0 Å². The quantitative estimate of drug-likeness (QED) is 0.395. The lowest BCUT2D eigenvalue weighted by Crippen LogP contribution is -2.24. The van der Waals surface area contributed by atoms with E-state index in [1.54, 1.807) is 34.9 Å². The average Bonchev–Trinajstić information content (AvgIpc) is 2.62. The first-order valence-electron chi connectivity index (χ1n) is 8.48. The highest BCUT2D eigenvalue weighted by Crippen LogP contribution is 2.23. The van der Waals surface area contributed by atoms with E-state index in [1.807, 2.05) is 12.1 Å². The Balaban J connectivity index is 1.94. The summed E-state index contributed by atoms with van der Waals surface area (Å²) in [7, 11) is -3.09. The van der Waals surface area contributed by atoms with Crippen molar-refractivity contribution in [2.45, 2.75) is 18.1 Å². The number of sulfone groups is 1. The maximum Gasteiger partial charge on any atom is 0.262 e. The summed E-state index contributed by atoms with van der Waals surface area (Å²) in [6, 6.07) is 12.4. The molecule has 0 unspecified atom stereocenters. The van der Waals surface area contributed by atoms with Gasteiger partial charge in [-0.05, 0) is 36.2 Å². The second-order valence-corrected chi connectivity index (χ2v) is 10.5. The molecular weight excluding hydrogens is 439 g/mol. The van der Waals surface area contributed by atoms with E-state index in [2.05, 4.69) is 4.98 Å². The molecule has 148 valence electrons. The molecule has 0 fully saturated rings. The van der Waals surface area contributed by atoms with Crippen molar-refractivity contribution < 1.29 is 8.42 Å². The Kier molecular flexibility index (Phi) is 6.70. The molecule has 0 aliphatic heterocycles. The molecule has 1 aromatic heterocycles. The standard InChI is InChI=1S/C19H18Cl2N2O3S2/c1-28(25,26)11-10-27-19-22-17-5-3-2-4-15(17)18(24)23(19)9-8-13-6-7-14(20)12-16(13)21/h2-7,12H,8-11H2,1H3. The van der Waals surface area contributed by atoms with Gasteiger partial charge in [0, 0.05) is 28.6 Å². The first-order valence-corrected chi connectivity index (χ1v) is 12.3. The van der Waals surface area contributed by atoms with Crippen LogP contribution in [0.5, 0.6) is 0 Å². The Morgan fingerprint density at radius 1 is 1.14 bits per heavy atom. The van der Waals surface area contributed by atoms with Crippen LogP contribution in [-0.2, 0) is 22.8 Å². The molecule has 5 nitrogen and oxygen atoms in total. The Bertz CT molecular complexity index is 1180. The molecule has 2 aromatic carbocycles. The van der Waals surface area contributed by atoms with Crippen LogP contribution in [0.3, 0.4) is 0 Å². The van der Waals surface area contributed by atoms with Crippen molar-refractivity contribution in [2.75, 3.05) is 17.8 Å². The van der Waals surface area contributed by atoms with Gasteiger partial charge in [0.1, 0.15) is 9.84 Å². The third kappa shape index (κ3) is 5.29. The van der Waals surface area contributed by atoms with Gasteiger partial charge in [0.2, 0.25) is 0 Å². The highest BCUT2D eigenvalue weighted by molar-refractivity contribution is 8.00. The van der Waals surface area contributed by atoms with Gasteiger partial charge in [-0.3, -0.25) is 9.36 Å². The fourth-order valence-electron chi connectivity index (χ4n) is 2.70. The van der Waals surface area contributed by atoms with Crippen LogP contribution in [0.25, 0.3) is 10.9 Å². The summed E-state index contributed by atoms with van der Waals surface area (Å²) >= 11 is 13.4. The lowest BCUT2D eigenvalue weighted by Gasteiger charge is -2.13. The van der Waals surface area contributed by atoms with Gasteiger partial charge in [-0.25, -0.2) is 13.4 Å². The predicted molar refractivity (Wildman–Crippen MR) is 117 cm³/mol. The summed E-state index contributed by atoms with van der Waals surface area (Å²) in [5.74, 6) is 0.342. The van der Waals surface area contributed by atoms with Crippen LogP contribution in [0.2, 0.25) is 10.0 Å². The van der Waals surface area contributed by atoms with E-state index in [0.29, 0.717) is 44.8 Å². The molecule has 1 heterocycles. The van der Waals surface area contributed by atoms with Gasteiger partial charge >= 0.3 is 0 Å². The van der Waals surface area contributed by atoms with Crippen molar-refractivity contribution in [3.05, 3.63) is 68.4 Å². The number of thioether (sulfide) groups is 1. The molecule has 3 rings (SSSR count). The number of hydrogen-bond acceptors (Lipinski definition) is 5. The number of benzene rings is 2. The molecule has 0 N–H and O–H groups in total. The number of para-hydroxylation sites is 1. The van der Waals surface area contributed by atoms with E-state index >= 15 is 0 Å². The largest absolute Gasteiger partial charge is 0.287 e. The minimum atomic E-state index is -3.09. The van der Waals surface area contributed by atoms with E-state index in [4.69, 9.17) is 23.2 Å². The van der Waals surface area contributed by atoms with E-state index < -0.39 is 9.84 Å². The van der Waals surface area contributed by atoms with Gasteiger partial charge in [-0.15, -0.1) is 0 Å². The zero-order chi connectivity index (χ0) is 20.3. The maximum atomic E-state index is 13.0. The number of halogens is 2. The molecule has 0 aliphatic rings. The molecule has 0 radical (unpaired) electrons. The van der Waals surface area contributed by atoms with Crippen molar-refractivity contribution in [3.8, 4) is 0 Å². The Labute approximate surface area is 177 Å². The zero-order valence-corrected chi connectivity index (χ0v) is 18.2. The number of aromatic nitrogens is 2. The van der Waals surface area contributed by atoms with Gasteiger partial charge in [0.25, 0.3) is 5.56 Å². The Hall–Kier alpha value is -1.54. The number of fused-ring (bicyclic) bond motifs is 1. The van der Waals surface area contributed by atoms with Crippen molar-refractivity contribution in [2.24, 2.45) is 0 Å². The van der Waals surface area contributed by atoms with E-state index in [1.165, 1.54) is 18.0 Å². The van der Waals surface area contributed by atoms with Crippen LogP contribution >= 0.6 is 35.0 Å². The molecule has 28 heavy (non-hydrogen) atoms. The van der Waals surface area contributed by atoms with Crippen LogP contribution in [0.15, 0.2) is 52.4 Å². The van der Waals surface area contributed by atoms with Gasteiger partial charge in [0.05, 0.1) is 16.7 Å². The van der Waals surface area contributed by atoms with Crippen LogP contribution in [0.4, 0.5) is 0 Å². The minimum Gasteiger partial charge on any atom is -0.287 e. The third-order valence-corrected chi connectivity index (χ3v) is 6.90. The van der Waals surface area contributed by atoms with E-state index in [-0.39, 0.29) is 11.3 Å². The number of nitrogens with zero attached hydrogens (tertiary/aromatic N) is 2. The van der Waals surface area contributed by atoms with Crippen molar-refractivity contribution >= 4 is 55.7 Å².